The van der Waals surface area contributed by atoms with Gasteiger partial charge < -0.3 is 18.9 Å². The van der Waals surface area contributed by atoms with Crippen LogP contribution in [0.3, 0.4) is 0 Å². The van der Waals surface area contributed by atoms with Gasteiger partial charge in [-0.15, -0.1) is 23.1 Å². The molecule has 0 unspecified atom stereocenters. The highest BCUT2D eigenvalue weighted by atomic mass is 32.2. The van der Waals surface area contributed by atoms with Crippen LogP contribution in [0.5, 0.6) is 5.75 Å². The molecule has 0 aliphatic carbocycles. The molecule has 3 aromatic rings. The first kappa shape index (κ1) is 34.1. The third-order valence-corrected chi connectivity index (χ3v) is 8.16. The molecular weight excluding hydrogens is 612 g/mol. The Morgan fingerprint density at radius 1 is 1.07 bits per heavy atom. The summed E-state index contributed by atoms with van der Waals surface area (Å²) in [6, 6.07) is 8.35. The van der Waals surface area contributed by atoms with E-state index >= 15 is 0 Å². The molecule has 0 bridgehead atoms. The lowest BCUT2D eigenvalue weighted by Crippen LogP contribution is -2.18. The zero-order chi connectivity index (χ0) is 31.2. The molecule has 0 amide bonds. The van der Waals surface area contributed by atoms with Crippen LogP contribution in [0.4, 0.5) is 17.6 Å². The van der Waals surface area contributed by atoms with Gasteiger partial charge in [0, 0.05) is 39.2 Å². The molecule has 1 heterocycles. The number of alkyl halides is 3. The summed E-state index contributed by atoms with van der Waals surface area (Å²) in [6.45, 7) is 5.30. The molecule has 0 aliphatic heterocycles. The number of hydrogen-bond donors (Lipinski definition) is 0. The lowest BCUT2D eigenvalue weighted by molar-refractivity contribution is -0.147. The van der Waals surface area contributed by atoms with Gasteiger partial charge in [-0.05, 0) is 61.7 Å². The minimum Gasteiger partial charge on any atom is -0.482 e. The SMILES string of the molecule is Cc1cc(SCc2sc(-c3ccc(C(F)(F)F)c(F)c3)nc2C)ccc1OCC(=O)OCCOCCOCCCN=[N+]=[N-]. The van der Waals surface area contributed by atoms with E-state index in [0.717, 1.165) is 33.2 Å². The Labute approximate surface area is 254 Å². The number of aromatic nitrogens is 1. The number of hydrogen-bond acceptors (Lipinski definition) is 9. The van der Waals surface area contributed by atoms with Crippen LogP contribution < -0.4 is 4.74 Å². The van der Waals surface area contributed by atoms with Gasteiger partial charge in [0.25, 0.3) is 0 Å². The van der Waals surface area contributed by atoms with Gasteiger partial charge in [-0.1, -0.05) is 11.2 Å². The van der Waals surface area contributed by atoms with Crippen LogP contribution in [0.2, 0.25) is 0 Å². The summed E-state index contributed by atoms with van der Waals surface area (Å²) < 4.78 is 74.0. The van der Waals surface area contributed by atoms with Crippen molar-refractivity contribution in [3.8, 4) is 16.3 Å². The highest BCUT2D eigenvalue weighted by molar-refractivity contribution is 7.98. The average molecular weight is 643 g/mol. The van der Waals surface area contributed by atoms with E-state index in [-0.39, 0.29) is 19.8 Å². The quantitative estimate of drug-likeness (QED) is 0.0284. The molecule has 0 saturated heterocycles. The van der Waals surface area contributed by atoms with Crippen molar-refractivity contribution < 1.29 is 41.3 Å². The van der Waals surface area contributed by atoms with E-state index in [4.69, 9.17) is 24.5 Å². The van der Waals surface area contributed by atoms with E-state index in [0.29, 0.717) is 54.9 Å². The Hall–Kier alpha value is -3.36. The fourth-order valence-electron chi connectivity index (χ4n) is 3.58. The molecule has 15 heteroatoms. The van der Waals surface area contributed by atoms with Crippen molar-refractivity contribution in [3.63, 3.8) is 0 Å². The van der Waals surface area contributed by atoms with E-state index in [2.05, 4.69) is 15.0 Å². The number of rotatable bonds is 17. The van der Waals surface area contributed by atoms with Crippen molar-refractivity contribution in [2.45, 2.75) is 37.1 Å². The van der Waals surface area contributed by atoms with Gasteiger partial charge in [0.1, 0.15) is 23.2 Å². The molecule has 0 aliphatic rings. The summed E-state index contributed by atoms with van der Waals surface area (Å²) in [5.74, 6) is -0.760. The summed E-state index contributed by atoms with van der Waals surface area (Å²) >= 11 is 2.84. The summed E-state index contributed by atoms with van der Waals surface area (Å²) in [4.78, 5) is 20.9. The maximum atomic E-state index is 14.0. The van der Waals surface area contributed by atoms with Crippen LogP contribution in [0.1, 0.15) is 28.1 Å². The number of ether oxygens (including phenoxy) is 4. The third kappa shape index (κ3) is 11.3. The Balaban J connectivity index is 1.39. The Morgan fingerprint density at radius 3 is 2.51 bits per heavy atom. The Bertz CT molecular complexity index is 1410. The summed E-state index contributed by atoms with van der Waals surface area (Å²) in [7, 11) is 0. The van der Waals surface area contributed by atoms with E-state index < -0.39 is 23.5 Å². The highest BCUT2D eigenvalue weighted by Gasteiger charge is 2.34. The molecule has 0 spiro atoms. The zero-order valence-corrected chi connectivity index (χ0v) is 25.1. The molecule has 232 valence electrons. The smallest absolute Gasteiger partial charge is 0.419 e. The number of esters is 1. The maximum Gasteiger partial charge on any atom is 0.419 e. The number of nitrogens with zero attached hydrogens (tertiary/aromatic N) is 4. The summed E-state index contributed by atoms with van der Waals surface area (Å²) in [5, 5.41) is 3.85. The van der Waals surface area contributed by atoms with E-state index in [9.17, 15) is 22.4 Å². The molecular formula is C28H30F4N4O5S2. The molecule has 2 aromatic carbocycles. The van der Waals surface area contributed by atoms with Gasteiger partial charge in [0.2, 0.25) is 0 Å². The Kier molecular flexibility index (Phi) is 13.5. The van der Waals surface area contributed by atoms with Gasteiger partial charge in [0.15, 0.2) is 6.61 Å². The minimum atomic E-state index is -4.75. The topological polar surface area (TPSA) is 116 Å². The number of thioether (sulfide) groups is 1. The van der Waals surface area contributed by atoms with E-state index in [1.165, 1.54) is 29.2 Å². The lowest BCUT2D eigenvalue weighted by atomic mass is 10.1. The Morgan fingerprint density at radius 2 is 1.81 bits per heavy atom. The third-order valence-electron chi connectivity index (χ3n) is 5.75. The maximum absolute atomic E-state index is 14.0. The molecule has 0 atom stereocenters. The van der Waals surface area contributed by atoms with Crippen molar-refractivity contribution in [2.75, 3.05) is 46.2 Å². The highest BCUT2D eigenvalue weighted by Crippen LogP contribution is 2.37. The molecule has 9 nitrogen and oxygen atoms in total. The fourth-order valence-corrected chi connectivity index (χ4v) is 5.78. The average Bonchev–Trinajstić information content (AvgIpc) is 3.33. The van der Waals surface area contributed by atoms with Gasteiger partial charge in [-0.25, -0.2) is 14.2 Å². The summed E-state index contributed by atoms with van der Waals surface area (Å²) in [6.07, 6.45) is -4.12. The number of carbonyl (C=O) groups is 1. The van der Waals surface area contributed by atoms with Crippen LogP contribution in [0.15, 0.2) is 46.4 Å². The predicted molar refractivity (Wildman–Crippen MR) is 155 cm³/mol. The second-order valence-electron chi connectivity index (χ2n) is 8.98. The molecule has 0 N–H and O–H groups in total. The molecule has 43 heavy (non-hydrogen) atoms. The van der Waals surface area contributed by atoms with Crippen molar-refractivity contribution in [1.82, 2.24) is 4.98 Å². The van der Waals surface area contributed by atoms with Gasteiger partial charge in [-0.3, -0.25) is 0 Å². The van der Waals surface area contributed by atoms with Gasteiger partial charge >= 0.3 is 12.1 Å². The molecule has 1 aromatic heterocycles. The number of thiazole rings is 1. The normalized spacial score (nSPS) is 11.3. The van der Waals surface area contributed by atoms with Gasteiger partial charge in [0.05, 0.1) is 31.1 Å². The predicted octanol–water partition coefficient (Wildman–Crippen LogP) is 7.53. The van der Waals surface area contributed by atoms with Crippen LogP contribution in [-0.2, 0) is 30.9 Å². The first-order valence-corrected chi connectivity index (χ1v) is 14.9. The standard InChI is InChI=1S/C28H30F4N4O5S2/c1-18-14-21(5-7-24(18)41-16-26(37)40-13-12-39-11-10-38-9-3-8-34-36-33)42-17-25-19(2)35-27(43-25)20-4-6-22(23(29)15-20)28(30,31)32/h4-7,14-15H,3,8-13,16-17H2,1-2H3. The first-order valence-electron chi connectivity index (χ1n) is 13.1. The van der Waals surface area contributed by atoms with Crippen LogP contribution in [-0.4, -0.2) is 57.1 Å². The number of carbonyl (C=O) groups excluding carboxylic acids is 1. The minimum absolute atomic E-state index is 0.0835. The van der Waals surface area contributed by atoms with Crippen LogP contribution in [0, 0.1) is 19.7 Å². The van der Waals surface area contributed by atoms with E-state index in [1.807, 2.05) is 19.1 Å². The summed E-state index contributed by atoms with van der Waals surface area (Å²) in [5.41, 5.74) is 8.71. The van der Waals surface area contributed by atoms with Crippen molar-refractivity contribution >= 4 is 29.1 Å². The van der Waals surface area contributed by atoms with E-state index in [1.54, 1.807) is 13.0 Å². The number of azide groups is 1. The molecule has 0 fully saturated rings. The second-order valence-corrected chi connectivity index (χ2v) is 11.1. The monoisotopic (exact) mass is 642 g/mol. The number of halogens is 4. The first-order chi connectivity index (χ1) is 20.6. The molecule has 3 rings (SSSR count). The van der Waals surface area contributed by atoms with Crippen LogP contribution >= 0.6 is 23.1 Å². The van der Waals surface area contributed by atoms with Crippen molar-refractivity contribution in [3.05, 3.63) is 74.4 Å². The van der Waals surface area contributed by atoms with Gasteiger partial charge in [-0.2, -0.15) is 13.2 Å². The largest absolute Gasteiger partial charge is 0.482 e. The van der Waals surface area contributed by atoms with Crippen molar-refractivity contribution in [2.24, 2.45) is 5.11 Å². The lowest BCUT2D eigenvalue weighted by Gasteiger charge is -2.11. The molecule has 0 radical (unpaired) electrons. The second kappa shape index (κ2) is 17.1. The van der Waals surface area contributed by atoms with Crippen LogP contribution in [0.25, 0.3) is 21.0 Å². The molecule has 0 saturated carbocycles. The van der Waals surface area contributed by atoms with Crippen molar-refractivity contribution in [1.29, 1.82) is 0 Å². The number of aryl methyl sites for hydroxylation is 2. The number of benzene rings is 2. The zero-order valence-electron chi connectivity index (χ0n) is 23.5. The fraction of sp³-hybridized carbons (Fsp3) is 0.429.